The lowest BCUT2D eigenvalue weighted by atomic mass is 10.2. The van der Waals surface area contributed by atoms with E-state index in [1.165, 1.54) is 60.9 Å². The van der Waals surface area contributed by atoms with Crippen molar-refractivity contribution in [2.45, 2.75) is 0 Å². The van der Waals surface area contributed by atoms with E-state index in [0.29, 0.717) is 11.4 Å². The summed E-state index contributed by atoms with van der Waals surface area (Å²) < 4.78 is 0. The van der Waals surface area contributed by atoms with Crippen LogP contribution in [0.1, 0.15) is 62.5 Å². The van der Waals surface area contributed by atoms with Crippen LogP contribution in [0.5, 0.6) is 0 Å². The lowest BCUT2D eigenvalue weighted by Crippen LogP contribution is -2.06. The predicted molar refractivity (Wildman–Crippen MR) is 138 cm³/mol. The highest BCUT2D eigenvalue weighted by Gasteiger charge is 2.10. The third-order valence-electron chi connectivity index (χ3n) is 4.70. The fourth-order valence-corrected chi connectivity index (χ4v) is 2.66. The number of nitrogens with zero attached hydrogens (tertiary/aromatic N) is 4. The van der Waals surface area contributed by atoms with Crippen LogP contribution < -0.4 is 0 Å². The molecule has 16 heteroatoms. The number of carbonyl (C=O) groups is 6. The van der Waals surface area contributed by atoms with Gasteiger partial charge in [-0.25, -0.2) is 38.7 Å². The van der Waals surface area contributed by atoms with E-state index in [1.54, 1.807) is 0 Å². The van der Waals surface area contributed by atoms with Crippen LogP contribution in [0.4, 0.5) is 0 Å². The van der Waals surface area contributed by atoms with E-state index in [4.69, 9.17) is 30.6 Å². The zero-order valence-corrected chi connectivity index (χ0v) is 20.8. The summed E-state index contributed by atoms with van der Waals surface area (Å²) in [5, 5.41) is 51.1. The van der Waals surface area contributed by atoms with Crippen LogP contribution in [-0.4, -0.2) is 86.4 Å². The Morgan fingerprint density at radius 3 is 1.02 bits per heavy atom. The van der Waals surface area contributed by atoms with Crippen LogP contribution in [0.3, 0.4) is 0 Å². The maximum absolute atomic E-state index is 10.6. The van der Waals surface area contributed by atoms with Crippen molar-refractivity contribution in [3.63, 3.8) is 0 Å². The molecule has 0 amide bonds. The van der Waals surface area contributed by atoms with Crippen LogP contribution in [0, 0.1) is 0 Å². The van der Waals surface area contributed by atoms with E-state index in [9.17, 15) is 28.8 Å². The molecule has 0 unspecified atom stereocenters. The molecule has 4 aromatic heterocycles. The third kappa shape index (κ3) is 9.31. The molecular weight excluding hydrogens is 560 g/mol. The minimum Gasteiger partial charge on any atom is -0.478 e. The Morgan fingerprint density at radius 2 is 0.762 bits per heavy atom. The lowest BCUT2D eigenvalue weighted by Gasteiger charge is -2.01. The Morgan fingerprint density at radius 1 is 0.405 bits per heavy atom. The number of pyridine rings is 4. The molecule has 0 aliphatic heterocycles. The van der Waals surface area contributed by atoms with Crippen LogP contribution in [0.25, 0.3) is 11.4 Å². The number of aromatic carboxylic acids is 6. The summed E-state index contributed by atoms with van der Waals surface area (Å²) in [5.41, 5.74) is 0.403. The van der Waals surface area contributed by atoms with Gasteiger partial charge in [0.15, 0.2) is 0 Å². The van der Waals surface area contributed by atoms with E-state index in [2.05, 4.69) is 19.9 Å². The van der Waals surface area contributed by atoms with Crippen LogP contribution >= 0.6 is 0 Å². The molecule has 0 aliphatic carbocycles. The van der Waals surface area contributed by atoms with E-state index in [0.717, 1.165) is 12.3 Å². The van der Waals surface area contributed by atoms with Crippen molar-refractivity contribution >= 4 is 35.8 Å². The number of hydrogen-bond donors (Lipinski definition) is 6. The molecule has 4 aromatic rings. The van der Waals surface area contributed by atoms with Crippen molar-refractivity contribution in [1.82, 2.24) is 19.9 Å². The van der Waals surface area contributed by atoms with Crippen molar-refractivity contribution in [2.24, 2.45) is 0 Å². The quantitative estimate of drug-likeness (QED) is 0.184. The molecule has 0 radical (unpaired) electrons. The number of carboxylic acid groups (broad SMARTS) is 6. The molecule has 0 bridgehead atoms. The molecule has 42 heavy (non-hydrogen) atoms. The van der Waals surface area contributed by atoms with Gasteiger partial charge in [0, 0.05) is 18.6 Å². The summed E-state index contributed by atoms with van der Waals surface area (Å²) in [6, 6.07) is 12.0. The lowest BCUT2D eigenvalue weighted by molar-refractivity contribution is 0.0670. The van der Waals surface area contributed by atoms with Gasteiger partial charge < -0.3 is 30.6 Å². The van der Waals surface area contributed by atoms with Gasteiger partial charge in [0.25, 0.3) is 0 Å². The molecule has 214 valence electrons. The fraction of sp³-hybridized carbons (Fsp3) is 0. The molecule has 6 N–H and O–H groups in total. The standard InChI is InChI=1S/C12H8N2O4.2C7H5NO4/c15-11(16)7-1-3-9(13-5-7)10-4-2-8(6-14-10)12(17)18;9-6(10)4-1-2-5(7(11)12)8-3-4;9-6(10)4-2-1-3-5(8-4)7(11)12/h1-6H,(H,15,16)(H,17,18);2*1-3H,(H,9,10)(H,11,12). The van der Waals surface area contributed by atoms with E-state index in [-0.39, 0.29) is 33.8 Å². The highest BCUT2D eigenvalue weighted by molar-refractivity contribution is 5.91. The average molecular weight is 578 g/mol. The second-order valence-electron chi connectivity index (χ2n) is 7.54. The van der Waals surface area contributed by atoms with E-state index in [1.807, 2.05) is 0 Å². The summed E-state index contributed by atoms with van der Waals surface area (Å²) in [7, 11) is 0. The maximum atomic E-state index is 10.6. The second kappa shape index (κ2) is 14.5. The van der Waals surface area contributed by atoms with Gasteiger partial charge in [-0.2, -0.15) is 0 Å². The minimum atomic E-state index is -1.24. The van der Waals surface area contributed by atoms with Gasteiger partial charge >= 0.3 is 35.8 Å². The topological polar surface area (TPSA) is 275 Å². The highest BCUT2D eigenvalue weighted by Crippen LogP contribution is 2.15. The van der Waals surface area contributed by atoms with Crippen molar-refractivity contribution in [2.75, 3.05) is 0 Å². The maximum Gasteiger partial charge on any atom is 0.354 e. The third-order valence-corrected chi connectivity index (χ3v) is 4.70. The summed E-state index contributed by atoms with van der Waals surface area (Å²) in [4.78, 5) is 77.2. The van der Waals surface area contributed by atoms with Gasteiger partial charge in [-0.1, -0.05) is 6.07 Å². The molecule has 0 aromatic carbocycles. The molecule has 0 spiro atoms. The predicted octanol–water partition coefficient (Wildman–Crippen LogP) is 2.50. The largest absolute Gasteiger partial charge is 0.478 e. The number of rotatable bonds is 7. The first-order valence-corrected chi connectivity index (χ1v) is 11.1. The van der Waals surface area contributed by atoms with Gasteiger partial charge in [0.2, 0.25) is 0 Å². The van der Waals surface area contributed by atoms with Crippen molar-refractivity contribution in [3.05, 3.63) is 107 Å². The Hall–Kier alpha value is -6.58. The zero-order valence-electron chi connectivity index (χ0n) is 20.8. The summed E-state index contributed by atoms with van der Waals surface area (Å²) in [6.45, 7) is 0. The van der Waals surface area contributed by atoms with Crippen molar-refractivity contribution < 1.29 is 59.4 Å². The molecule has 4 rings (SSSR count). The van der Waals surface area contributed by atoms with Crippen molar-refractivity contribution in [3.8, 4) is 11.4 Å². The summed E-state index contributed by atoms with van der Waals surface area (Å²) in [5.74, 6) is -6.88. The van der Waals surface area contributed by atoms with Gasteiger partial charge in [-0.05, 0) is 48.5 Å². The van der Waals surface area contributed by atoms with Crippen LogP contribution in [0.2, 0.25) is 0 Å². The van der Waals surface area contributed by atoms with Crippen molar-refractivity contribution in [1.29, 1.82) is 0 Å². The fourth-order valence-electron chi connectivity index (χ4n) is 2.66. The van der Waals surface area contributed by atoms with Crippen LogP contribution in [-0.2, 0) is 0 Å². The molecule has 0 aliphatic rings. The molecule has 4 heterocycles. The Balaban J connectivity index is 0.000000228. The molecule has 0 saturated heterocycles. The van der Waals surface area contributed by atoms with Crippen LogP contribution in [0.15, 0.2) is 73.2 Å². The number of carboxylic acids is 6. The monoisotopic (exact) mass is 578 g/mol. The number of aromatic nitrogens is 4. The molecular formula is C26H18N4O12. The first kappa shape index (κ1) is 31.6. The van der Waals surface area contributed by atoms with E-state index < -0.39 is 35.8 Å². The second-order valence-corrected chi connectivity index (χ2v) is 7.54. The first-order chi connectivity index (χ1) is 19.8. The molecule has 16 nitrogen and oxygen atoms in total. The first-order valence-electron chi connectivity index (χ1n) is 11.1. The zero-order chi connectivity index (χ0) is 31.4. The average Bonchev–Trinajstić information content (AvgIpc) is 2.98. The highest BCUT2D eigenvalue weighted by atomic mass is 16.4. The summed E-state index contributed by atoms with van der Waals surface area (Å²) >= 11 is 0. The molecule has 0 atom stereocenters. The normalized spacial score (nSPS) is 9.62. The smallest absolute Gasteiger partial charge is 0.354 e. The molecule has 0 fully saturated rings. The SMILES string of the molecule is O=C(O)c1ccc(-c2ccc(C(=O)O)cn2)nc1.O=C(O)c1ccc(C(=O)O)nc1.O=C(O)c1cccc(C(=O)O)n1. The van der Waals surface area contributed by atoms with Gasteiger partial charge in [-0.15, -0.1) is 0 Å². The van der Waals surface area contributed by atoms with E-state index >= 15 is 0 Å². The Bertz CT molecular complexity index is 1500. The Kier molecular flexibility index (Phi) is 11.0. The van der Waals surface area contributed by atoms with Gasteiger partial charge in [-0.3, -0.25) is 9.97 Å². The van der Waals surface area contributed by atoms with Gasteiger partial charge in [0.1, 0.15) is 17.1 Å². The van der Waals surface area contributed by atoms with Gasteiger partial charge in [0.05, 0.1) is 28.1 Å². The minimum absolute atomic E-state index is 0.0278. The molecule has 0 saturated carbocycles. The number of hydrogen-bond acceptors (Lipinski definition) is 10. The summed E-state index contributed by atoms with van der Waals surface area (Å²) in [6.07, 6.45) is 3.46. The Labute approximate surface area is 233 Å².